The van der Waals surface area contributed by atoms with Crippen molar-refractivity contribution in [2.75, 3.05) is 6.54 Å². The van der Waals surface area contributed by atoms with Gasteiger partial charge in [0.05, 0.1) is 22.4 Å². The van der Waals surface area contributed by atoms with Crippen LogP contribution in [-0.2, 0) is 20.1 Å². The highest BCUT2D eigenvalue weighted by atomic mass is 32.2. The van der Waals surface area contributed by atoms with E-state index in [0.29, 0.717) is 16.7 Å². The second-order valence-corrected chi connectivity index (χ2v) is 11.6. The number of rotatable bonds is 6. The van der Waals surface area contributed by atoms with Crippen molar-refractivity contribution in [1.29, 1.82) is 0 Å². The summed E-state index contributed by atoms with van der Waals surface area (Å²) in [6.07, 6.45) is 0. The molecule has 10 heteroatoms. The highest BCUT2D eigenvalue weighted by Crippen LogP contribution is 2.36. The summed E-state index contributed by atoms with van der Waals surface area (Å²) in [6.45, 7) is 3.59. The molecule has 4 rings (SSSR count). The lowest BCUT2D eigenvalue weighted by atomic mass is 9.99. The fourth-order valence-electron chi connectivity index (χ4n) is 4.11. The van der Waals surface area contributed by atoms with Crippen LogP contribution in [0.15, 0.2) is 88.7 Å². The van der Waals surface area contributed by atoms with Crippen LogP contribution in [0.4, 0.5) is 4.79 Å². The normalized spacial score (nSPS) is 16.9. The van der Waals surface area contributed by atoms with E-state index in [1.165, 1.54) is 35.2 Å². The molecule has 0 saturated carbocycles. The van der Waals surface area contributed by atoms with Gasteiger partial charge in [0.1, 0.15) is 0 Å². The molecule has 1 atom stereocenters. The van der Waals surface area contributed by atoms with E-state index < -0.39 is 32.2 Å². The summed E-state index contributed by atoms with van der Waals surface area (Å²) in [7, 11) is -8.39. The van der Waals surface area contributed by atoms with Crippen molar-refractivity contribution in [3.63, 3.8) is 0 Å². The van der Waals surface area contributed by atoms with Gasteiger partial charge in [0, 0.05) is 6.04 Å². The molecule has 1 fully saturated rings. The minimum absolute atomic E-state index is 0.0449. The first kappa shape index (κ1) is 23.9. The second kappa shape index (κ2) is 8.86. The van der Waals surface area contributed by atoms with Crippen LogP contribution in [0.5, 0.6) is 0 Å². The smallest absolute Gasteiger partial charge is 0.312 e. The zero-order chi connectivity index (χ0) is 24.7. The molecular formula is C24H24N2O6S2. The zero-order valence-electron chi connectivity index (χ0n) is 18.6. The standard InChI is InChI=1S/C24H24N2O6S2/c1-17(2)26-23(16-25(24(26)27)33(28,29)21-11-4-3-5-12-21)20-10-6-8-18(14-20)19-9-7-13-22(15-19)34(30,31)32/h3-15,17,23H,16H2,1-2H3,(H,30,31,32). The minimum Gasteiger partial charge on any atom is -0.312 e. The van der Waals surface area contributed by atoms with Gasteiger partial charge in [-0.1, -0.05) is 48.5 Å². The SMILES string of the molecule is CC(C)N1C(=O)N(S(=O)(=O)c2ccccc2)CC1c1cccc(-c2cccc(S(=O)(=O)O)c2)c1. The van der Waals surface area contributed by atoms with Crippen LogP contribution in [-0.4, -0.2) is 49.2 Å². The van der Waals surface area contributed by atoms with Gasteiger partial charge in [-0.2, -0.15) is 8.42 Å². The lowest BCUT2D eigenvalue weighted by Crippen LogP contribution is -2.39. The molecule has 3 aromatic carbocycles. The van der Waals surface area contributed by atoms with Gasteiger partial charge in [0.25, 0.3) is 20.1 Å². The van der Waals surface area contributed by atoms with E-state index in [1.807, 2.05) is 19.9 Å². The molecule has 1 aliphatic rings. The first-order valence-corrected chi connectivity index (χ1v) is 13.5. The van der Waals surface area contributed by atoms with Crippen LogP contribution in [0.2, 0.25) is 0 Å². The third-order valence-electron chi connectivity index (χ3n) is 5.73. The van der Waals surface area contributed by atoms with Crippen molar-refractivity contribution in [1.82, 2.24) is 9.21 Å². The summed E-state index contributed by atoms with van der Waals surface area (Å²) in [6, 6.07) is 19.5. The molecule has 1 heterocycles. The van der Waals surface area contributed by atoms with E-state index >= 15 is 0 Å². The number of amides is 2. The first-order chi connectivity index (χ1) is 16.0. The number of sulfonamides is 1. The Morgan fingerprint density at radius 1 is 0.824 bits per heavy atom. The Kier molecular flexibility index (Phi) is 6.24. The fraction of sp³-hybridized carbons (Fsp3) is 0.208. The molecule has 1 unspecified atom stereocenters. The maximum Gasteiger partial charge on any atom is 0.334 e. The Hall–Kier alpha value is -3.21. The van der Waals surface area contributed by atoms with Crippen molar-refractivity contribution in [2.45, 2.75) is 35.7 Å². The number of carbonyl (C=O) groups is 1. The largest absolute Gasteiger partial charge is 0.334 e. The van der Waals surface area contributed by atoms with Crippen LogP contribution >= 0.6 is 0 Å². The van der Waals surface area contributed by atoms with Gasteiger partial charge in [-0.05, 0) is 60.9 Å². The molecule has 0 spiro atoms. The summed E-state index contributed by atoms with van der Waals surface area (Å²) in [5, 5.41) is 0. The molecule has 178 valence electrons. The van der Waals surface area contributed by atoms with Gasteiger partial charge in [-0.25, -0.2) is 17.5 Å². The summed E-state index contributed by atoms with van der Waals surface area (Å²) >= 11 is 0. The maximum atomic E-state index is 13.2. The van der Waals surface area contributed by atoms with Gasteiger partial charge in [-0.3, -0.25) is 4.55 Å². The molecule has 3 aromatic rings. The van der Waals surface area contributed by atoms with E-state index in [-0.39, 0.29) is 22.4 Å². The molecule has 1 aliphatic heterocycles. The molecule has 0 bridgehead atoms. The van der Waals surface area contributed by atoms with Crippen molar-refractivity contribution in [2.24, 2.45) is 0 Å². The molecule has 1 N–H and O–H groups in total. The van der Waals surface area contributed by atoms with Gasteiger partial charge in [0.2, 0.25) is 0 Å². The van der Waals surface area contributed by atoms with Crippen LogP contribution in [0.25, 0.3) is 11.1 Å². The molecule has 2 amide bonds. The number of nitrogens with zero attached hydrogens (tertiary/aromatic N) is 2. The number of carbonyl (C=O) groups excluding carboxylic acids is 1. The zero-order valence-corrected chi connectivity index (χ0v) is 20.2. The summed E-state index contributed by atoms with van der Waals surface area (Å²) in [4.78, 5) is 14.6. The highest BCUT2D eigenvalue weighted by Gasteiger charge is 2.45. The molecule has 0 aromatic heterocycles. The predicted molar refractivity (Wildman–Crippen MR) is 127 cm³/mol. The molecule has 8 nitrogen and oxygen atoms in total. The molecule has 0 radical (unpaired) electrons. The van der Waals surface area contributed by atoms with E-state index in [1.54, 1.807) is 42.5 Å². The average molecular weight is 501 g/mol. The topological polar surface area (TPSA) is 112 Å². The average Bonchev–Trinajstić information content (AvgIpc) is 3.17. The van der Waals surface area contributed by atoms with Crippen molar-refractivity contribution in [3.8, 4) is 11.1 Å². The third-order valence-corrected chi connectivity index (χ3v) is 8.34. The van der Waals surface area contributed by atoms with Crippen molar-refractivity contribution in [3.05, 3.63) is 84.4 Å². The Bertz CT molecular complexity index is 1440. The summed E-state index contributed by atoms with van der Waals surface area (Å²) in [5.41, 5.74) is 1.94. The number of benzene rings is 3. The number of hydrogen-bond acceptors (Lipinski definition) is 5. The van der Waals surface area contributed by atoms with Crippen LogP contribution < -0.4 is 0 Å². The van der Waals surface area contributed by atoms with Gasteiger partial charge in [0.15, 0.2) is 0 Å². The summed E-state index contributed by atoms with van der Waals surface area (Å²) < 4.78 is 59.8. The quantitative estimate of drug-likeness (QED) is 0.508. The first-order valence-electron chi connectivity index (χ1n) is 10.6. The summed E-state index contributed by atoms with van der Waals surface area (Å²) in [5.74, 6) is 0. The lowest BCUT2D eigenvalue weighted by molar-refractivity contribution is 0.181. The predicted octanol–water partition coefficient (Wildman–Crippen LogP) is 4.18. The fourth-order valence-corrected chi connectivity index (χ4v) is 6.03. The third kappa shape index (κ3) is 4.44. The Balaban J connectivity index is 1.74. The van der Waals surface area contributed by atoms with Gasteiger partial charge >= 0.3 is 6.03 Å². The Morgan fingerprint density at radius 2 is 1.41 bits per heavy atom. The monoisotopic (exact) mass is 500 g/mol. The maximum absolute atomic E-state index is 13.2. The number of hydrogen-bond donors (Lipinski definition) is 1. The molecule has 1 saturated heterocycles. The minimum atomic E-state index is -4.36. The molecule has 34 heavy (non-hydrogen) atoms. The number of urea groups is 1. The molecule has 0 aliphatic carbocycles. The van der Waals surface area contributed by atoms with E-state index in [2.05, 4.69) is 0 Å². The van der Waals surface area contributed by atoms with Crippen molar-refractivity contribution < 1.29 is 26.2 Å². The van der Waals surface area contributed by atoms with E-state index in [9.17, 15) is 26.2 Å². The van der Waals surface area contributed by atoms with Gasteiger partial charge < -0.3 is 4.90 Å². The van der Waals surface area contributed by atoms with Crippen LogP contribution in [0, 0.1) is 0 Å². The van der Waals surface area contributed by atoms with Gasteiger partial charge in [-0.15, -0.1) is 0 Å². The Morgan fingerprint density at radius 3 is 2.03 bits per heavy atom. The lowest BCUT2D eigenvalue weighted by Gasteiger charge is -2.27. The van der Waals surface area contributed by atoms with Crippen LogP contribution in [0.1, 0.15) is 25.5 Å². The Labute approximate surface area is 199 Å². The molecular weight excluding hydrogens is 476 g/mol. The van der Waals surface area contributed by atoms with E-state index in [0.717, 1.165) is 4.31 Å². The van der Waals surface area contributed by atoms with E-state index in [4.69, 9.17) is 0 Å². The highest BCUT2D eigenvalue weighted by molar-refractivity contribution is 7.89. The second-order valence-electron chi connectivity index (χ2n) is 8.28. The van der Waals surface area contributed by atoms with Crippen molar-refractivity contribution >= 4 is 26.2 Å². The van der Waals surface area contributed by atoms with Crippen LogP contribution in [0.3, 0.4) is 0 Å².